The summed E-state index contributed by atoms with van der Waals surface area (Å²) in [4.78, 5) is 26.6. The monoisotopic (exact) mass is 390 g/mol. The van der Waals surface area contributed by atoms with Crippen molar-refractivity contribution >= 4 is 34.8 Å². The van der Waals surface area contributed by atoms with Crippen molar-refractivity contribution in [1.29, 1.82) is 0 Å². The molecule has 1 heterocycles. The molecule has 1 atom stereocenters. The molecule has 1 N–H and O–H groups in total. The second-order valence-electron chi connectivity index (χ2n) is 5.85. The van der Waals surface area contributed by atoms with Crippen molar-refractivity contribution < 1.29 is 23.8 Å². The van der Waals surface area contributed by atoms with Gasteiger partial charge in [0.2, 0.25) is 5.91 Å². The molecule has 1 fully saturated rings. The number of carbonyl (C=O) groups is 2. The minimum atomic E-state index is -0.739. The predicted octanol–water partition coefficient (Wildman–Crippen LogP) is 3.11. The Morgan fingerprint density at radius 3 is 2.41 bits per heavy atom. The molecule has 7 nitrogen and oxygen atoms in total. The number of rotatable bonds is 6. The zero-order chi connectivity index (χ0) is 19.6. The van der Waals surface area contributed by atoms with Gasteiger partial charge in [0.25, 0.3) is 5.91 Å². The second-order valence-corrected chi connectivity index (χ2v) is 6.29. The molecule has 1 aliphatic rings. The van der Waals surface area contributed by atoms with E-state index in [0.29, 0.717) is 33.6 Å². The van der Waals surface area contributed by atoms with E-state index in [0.717, 1.165) is 4.90 Å². The van der Waals surface area contributed by atoms with Crippen molar-refractivity contribution in [2.24, 2.45) is 0 Å². The molecule has 0 unspecified atom stereocenters. The Labute approximate surface area is 161 Å². The minimum Gasteiger partial charge on any atom is -0.497 e. The van der Waals surface area contributed by atoms with Crippen LogP contribution in [0.2, 0.25) is 5.02 Å². The highest BCUT2D eigenvalue weighted by atomic mass is 35.5. The fourth-order valence-electron chi connectivity index (χ4n) is 2.95. The first-order chi connectivity index (χ1) is 13.0. The maximum Gasteiger partial charge on any atom is 0.256 e. The van der Waals surface area contributed by atoms with E-state index in [1.54, 1.807) is 36.4 Å². The molecule has 2 aromatic rings. The molecule has 2 amide bonds. The number of hydrogen-bond donors (Lipinski definition) is 1. The van der Waals surface area contributed by atoms with E-state index in [-0.39, 0.29) is 18.2 Å². The van der Waals surface area contributed by atoms with Gasteiger partial charge in [0, 0.05) is 11.1 Å². The van der Waals surface area contributed by atoms with Gasteiger partial charge in [0.15, 0.2) is 0 Å². The van der Waals surface area contributed by atoms with E-state index >= 15 is 0 Å². The number of nitrogens with one attached hydrogen (secondary N) is 1. The van der Waals surface area contributed by atoms with Gasteiger partial charge in [0.1, 0.15) is 23.3 Å². The Morgan fingerprint density at radius 2 is 1.74 bits per heavy atom. The van der Waals surface area contributed by atoms with Crippen LogP contribution in [-0.2, 0) is 9.59 Å². The molecule has 2 aromatic carbocycles. The van der Waals surface area contributed by atoms with Crippen LogP contribution in [-0.4, -0.2) is 39.2 Å². The Morgan fingerprint density at radius 1 is 1.00 bits per heavy atom. The number of halogens is 1. The Balaban J connectivity index is 1.89. The summed E-state index contributed by atoms with van der Waals surface area (Å²) in [5.74, 6) is 0.748. The lowest BCUT2D eigenvalue weighted by atomic mass is 10.2. The first-order valence-corrected chi connectivity index (χ1v) is 8.55. The van der Waals surface area contributed by atoms with Crippen LogP contribution in [0.1, 0.15) is 6.42 Å². The topological polar surface area (TPSA) is 77.1 Å². The largest absolute Gasteiger partial charge is 0.497 e. The number of anilines is 2. The van der Waals surface area contributed by atoms with E-state index in [1.165, 1.54) is 21.3 Å². The first-order valence-electron chi connectivity index (χ1n) is 8.17. The average Bonchev–Trinajstić information content (AvgIpc) is 2.94. The number of ether oxygens (including phenoxy) is 3. The second kappa shape index (κ2) is 7.75. The highest BCUT2D eigenvalue weighted by Crippen LogP contribution is 2.36. The van der Waals surface area contributed by atoms with Crippen molar-refractivity contribution in [2.45, 2.75) is 12.5 Å². The van der Waals surface area contributed by atoms with Crippen molar-refractivity contribution in [3.63, 3.8) is 0 Å². The molecule has 27 heavy (non-hydrogen) atoms. The first kappa shape index (κ1) is 18.8. The van der Waals surface area contributed by atoms with Crippen molar-refractivity contribution in [2.75, 3.05) is 31.5 Å². The molecule has 3 rings (SSSR count). The highest BCUT2D eigenvalue weighted by molar-refractivity contribution is 6.31. The lowest BCUT2D eigenvalue weighted by molar-refractivity contribution is -0.121. The van der Waals surface area contributed by atoms with Gasteiger partial charge in [-0.15, -0.1) is 0 Å². The van der Waals surface area contributed by atoms with E-state index in [1.807, 2.05) is 0 Å². The third-order valence-corrected chi connectivity index (χ3v) is 4.50. The maximum absolute atomic E-state index is 12.9. The van der Waals surface area contributed by atoms with E-state index in [4.69, 9.17) is 25.8 Å². The number of hydrogen-bond acceptors (Lipinski definition) is 6. The quantitative estimate of drug-likeness (QED) is 0.764. The summed E-state index contributed by atoms with van der Waals surface area (Å²) in [5, 5.41) is 3.54. The Kier molecular flexibility index (Phi) is 5.41. The molecule has 0 radical (unpaired) electrons. The number of benzene rings is 2. The molecular formula is C19H19ClN2O5. The summed E-state index contributed by atoms with van der Waals surface area (Å²) in [5.41, 5.74) is 0.912. The van der Waals surface area contributed by atoms with Gasteiger partial charge in [-0.05, 0) is 30.3 Å². The molecule has 0 spiro atoms. The Bertz CT molecular complexity index is 886. The summed E-state index contributed by atoms with van der Waals surface area (Å²) >= 11 is 6.03. The van der Waals surface area contributed by atoms with Crippen LogP contribution in [0.25, 0.3) is 0 Å². The highest BCUT2D eigenvalue weighted by Gasteiger charge is 2.41. The molecule has 142 valence electrons. The van der Waals surface area contributed by atoms with Gasteiger partial charge in [0.05, 0.1) is 39.1 Å². The maximum atomic E-state index is 12.9. The standard InChI is InChI=1S/C19H19ClN2O5/c1-25-12-5-6-15(17(9-12)27-3)22-18(23)10-14(19(22)24)21-13-8-11(20)4-7-16(13)26-2/h4-9,14,21H,10H2,1-3H3/t14-/m0/s1. The smallest absolute Gasteiger partial charge is 0.256 e. The lowest BCUT2D eigenvalue weighted by Crippen LogP contribution is -2.35. The number of imide groups is 1. The molecule has 0 aliphatic carbocycles. The predicted molar refractivity (Wildman–Crippen MR) is 102 cm³/mol. The summed E-state index contributed by atoms with van der Waals surface area (Å²) in [6, 6.07) is 9.19. The molecule has 0 saturated carbocycles. The summed E-state index contributed by atoms with van der Waals surface area (Å²) in [6.45, 7) is 0. The van der Waals surface area contributed by atoms with Crippen LogP contribution in [0.15, 0.2) is 36.4 Å². The molecule has 1 saturated heterocycles. The van der Waals surface area contributed by atoms with E-state index < -0.39 is 6.04 Å². The number of methoxy groups -OCH3 is 3. The molecule has 1 aliphatic heterocycles. The van der Waals surface area contributed by atoms with Gasteiger partial charge in [-0.2, -0.15) is 0 Å². The zero-order valence-electron chi connectivity index (χ0n) is 15.1. The van der Waals surface area contributed by atoms with Gasteiger partial charge >= 0.3 is 0 Å². The van der Waals surface area contributed by atoms with Crippen molar-refractivity contribution in [1.82, 2.24) is 0 Å². The normalized spacial score (nSPS) is 16.4. The fraction of sp³-hybridized carbons (Fsp3) is 0.263. The van der Waals surface area contributed by atoms with Gasteiger partial charge in [-0.1, -0.05) is 11.6 Å². The number of amides is 2. The summed E-state index contributed by atoms with van der Waals surface area (Å²) < 4.78 is 15.8. The molecule has 0 bridgehead atoms. The van der Waals surface area contributed by atoms with Crippen molar-refractivity contribution in [3.05, 3.63) is 41.4 Å². The van der Waals surface area contributed by atoms with Gasteiger partial charge in [-0.25, -0.2) is 4.90 Å². The number of carbonyl (C=O) groups excluding carboxylic acids is 2. The van der Waals surface area contributed by atoms with Gasteiger partial charge in [-0.3, -0.25) is 9.59 Å². The summed E-state index contributed by atoms with van der Waals surface area (Å²) in [7, 11) is 4.51. The van der Waals surface area contributed by atoms with Crippen molar-refractivity contribution in [3.8, 4) is 17.2 Å². The van der Waals surface area contributed by atoms with E-state index in [9.17, 15) is 9.59 Å². The zero-order valence-corrected chi connectivity index (χ0v) is 15.9. The van der Waals surface area contributed by atoms with Crippen LogP contribution in [0, 0.1) is 0 Å². The molecular weight excluding hydrogens is 372 g/mol. The van der Waals surface area contributed by atoms with Crippen LogP contribution < -0.4 is 24.4 Å². The van der Waals surface area contributed by atoms with Crippen LogP contribution in [0.5, 0.6) is 17.2 Å². The lowest BCUT2D eigenvalue weighted by Gasteiger charge is -2.19. The van der Waals surface area contributed by atoms with Gasteiger partial charge < -0.3 is 19.5 Å². The third-order valence-electron chi connectivity index (χ3n) is 4.27. The van der Waals surface area contributed by atoms with Crippen LogP contribution in [0.4, 0.5) is 11.4 Å². The molecule has 0 aromatic heterocycles. The molecule has 8 heteroatoms. The average molecular weight is 391 g/mol. The third kappa shape index (κ3) is 3.64. The van der Waals surface area contributed by atoms with E-state index in [2.05, 4.69) is 5.32 Å². The van der Waals surface area contributed by atoms with Crippen LogP contribution >= 0.6 is 11.6 Å². The SMILES string of the molecule is COc1ccc(N2C(=O)C[C@H](Nc3cc(Cl)ccc3OC)C2=O)c(OC)c1. The Hall–Kier alpha value is -2.93. The summed E-state index contributed by atoms with van der Waals surface area (Å²) in [6.07, 6.45) is 0.00366. The minimum absolute atomic E-state index is 0.00366. The number of nitrogens with zero attached hydrogens (tertiary/aromatic N) is 1. The fourth-order valence-corrected chi connectivity index (χ4v) is 3.12. The van der Waals surface area contributed by atoms with Crippen LogP contribution in [0.3, 0.4) is 0 Å².